The van der Waals surface area contributed by atoms with Gasteiger partial charge in [-0.3, -0.25) is 9.59 Å². The number of carbonyl (C=O) groups excluding carboxylic acids is 2. The van der Waals surface area contributed by atoms with E-state index in [1.54, 1.807) is 6.08 Å². The normalized spacial score (nSPS) is 12.9. The Kier molecular flexibility index (Phi) is 58.5. The summed E-state index contributed by atoms with van der Waals surface area (Å²) in [4.78, 5) is 24.5. The van der Waals surface area contributed by atoms with E-state index < -0.39 is 12.1 Å². The van der Waals surface area contributed by atoms with Crippen molar-refractivity contribution in [3.8, 4) is 0 Å². The number of carbonyl (C=O) groups is 2. The number of rotatable bonds is 58. The smallest absolute Gasteiger partial charge is 0.305 e. The first-order valence-electron chi connectivity index (χ1n) is 31.4. The molecule has 0 radical (unpaired) electrons. The highest BCUT2D eigenvalue weighted by molar-refractivity contribution is 5.76. The number of esters is 1. The predicted molar refractivity (Wildman–Crippen MR) is 310 cm³/mol. The molecule has 0 spiro atoms. The molecule has 0 heterocycles. The van der Waals surface area contributed by atoms with E-state index in [0.717, 1.165) is 51.4 Å². The maximum atomic E-state index is 12.4. The van der Waals surface area contributed by atoms with E-state index in [0.29, 0.717) is 19.4 Å². The van der Waals surface area contributed by atoms with Gasteiger partial charge in [0.1, 0.15) is 0 Å². The van der Waals surface area contributed by atoms with E-state index in [1.165, 1.54) is 250 Å². The Bertz CT molecular complexity index is 1190. The summed E-state index contributed by atoms with van der Waals surface area (Å²) >= 11 is 0. The van der Waals surface area contributed by atoms with Gasteiger partial charge in [0.2, 0.25) is 5.91 Å². The minimum atomic E-state index is -0.845. The molecular weight excluding hydrogens is 875 g/mol. The van der Waals surface area contributed by atoms with Crippen LogP contribution in [0.5, 0.6) is 0 Å². The molecule has 2 unspecified atom stereocenters. The number of unbranched alkanes of at least 4 members (excludes halogenated alkanes) is 41. The number of ether oxygens (including phenoxy) is 1. The van der Waals surface area contributed by atoms with Crippen LogP contribution < -0.4 is 5.32 Å². The van der Waals surface area contributed by atoms with Crippen molar-refractivity contribution >= 4 is 11.9 Å². The summed E-state index contributed by atoms with van der Waals surface area (Å²) < 4.78 is 5.49. The molecule has 6 heteroatoms. The molecule has 0 aliphatic heterocycles. The van der Waals surface area contributed by atoms with Crippen LogP contribution in [-0.2, 0) is 14.3 Å². The van der Waals surface area contributed by atoms with Crippen LogP contribution in [-0.4, -0.2) is 47.4 Å². The van der Waals surface area contributed by atoms with Gasteiger partial charge in [0.15, 0.2) is 0 Å². The topological polar surface area (TPSA) is 95.9 Å². The van der Waals surface area contributed by atoms with Crippen molar-refractivity contribution < 1.29 is 24.5 Å². The van der Waals surface area contributed by atoms with Gasteiger partial charge in [0, 0.05) is 12.8 Å². The zero-order valence-electron chi connectivity index (χ0n) is 47.5. The molecule has 1 amide bonds. The third-order valence-corrected chi connectivity index (χ3v) is 14.3. The van der Waals surface area contributed by atoms with Gasteiger partial charge in [-0.15, -0.1) is 0 Å². The van der Waals surface area contributed by atoms with E-state index in [4.69, 9.17) is 4.74 Å². The van der Waals surface area contributed by atoms with E-state index in [2.05, 4.69) is 55.6 Å². The van der Waals surface area contributed by atoms with E-state index in [1.807, 2.05) is 6.08 Å². The second-order valence-electron chi connectivity index (χ2n) is 21.4. The van der Waals surface area contributed by atoms with Gasteiger partial charge in [-0.1, -0.05) is 274 Å². The fourth-order valence-electron chi connectivity index (χ4n) is 9.48. The van der Waals surface area contributed by atoms with Crippen molar-refractivity contribution in [1.82, 2.24) is 5.32 Å². The Morgan fingerprint density at radius 1 is 0.394 bits per heavy atom. The first-order chi connectivity index (χ1) is 35.0. The molecule has 0 aliphatic rings. The van der Waals surface area contributed by atoms with Crippen LogP contribution in [0.2, 0.25) is 0 Å². The zero-order chi connectivity index (χ0) is 51.4. The lowest BCUT2D eigenvalue weighted by molar-refractivity contribution is -0.143. The molecule has 6 nitrogen and oxygen atoms in total. The Balaban J connectivity index is 3.39. The Morgan fingerprint density at radius 2 is 0.704 bits per heavy atom. The summed E-state index contributed by atoms with van der Waals surface area (Å²) in [5.74, 6) is -0.0671. The quantitative estimate of drug-likeness (QED) is 0.0321. The molecule has 0 aromatic rings. The third kappa shape index (κ3) is 57.0. The fourth-order valence-corrected chi connectivity index (χ4v) is 9.48. The number of hydrogen-bond acceptors (Lipinski definition) is 5. The van der Waals surface area contributed by atoms with Crippen molar-refractivity contribution in [3.63, 3.8) is 0 Å². The number of hydrogen-bond donors (Lipinski definition) is 3. The van der Waals surface area contributed by atoms with Gasteiger partial charge >= 0.3 is 5.97 Å². The molecule has 0 aromatic carbocycles. The minimum Gasteiger partial charge on any atom is -0.466 e. The van der Waals surface area contributed by atoms with Gasteiger partial charge in [0.05, 0.1) is 25.4 Å². The van der Waals surface area contributed by atoms with Crippen molar-refractivity contribution in [2.45, 2.75) is 341 Å². The molecule has 0 aliphatic carbocycles. The molecule has 0 saturated carbocycles. The molecule has 0 fully saturated rings. The zero-order valence-corrected chi connectivity index (χ0v) is 47.5. The molecule has 416 valence electrons. The maximum Gasteiger partial charge on any atom is 0.305 e. The number of aliphatic hydroxyl groups excluding tert-OH is 2. The standard InChI is InChI=1S/C65H121NO5/c1-3-5-7-9-11-13-15-16-17-18-29-32-35-39-43-47-51-55-59-65(70)71-60-56-52-48-44-40-36-33-30-27-25-23-21-19-20-22-24-26-28-31-34-38-42-46-50-54-58-64(69)66-62(61-67)63(68)57-53-49-45-41-37-14-12-10-8-6-4-2/h13,15,17-18,20,22,53,57,62-63,67-68H,3-12,14,16,19,21,23-52,54-56,58-61H2,1-2H3,(H,66,69)/b15-13-,18-17-,22-20-,57-53+. The summed E-state index contributed by atoms with van der Waals surface area (Å²) in [5, 5.41) is 23.0. The highest BCUT2D eigenvalue weighted by atomic mass is 16.5. The number of aliphatic hydroxyl groups is 2. The van der Waals surface area contributed by atoms with Crippen molar-refractivity contribution in [3.05, 3.63) is 48.6 Å². The molecule has 71 heavy (non-hydrogen) atoms. The molecule has 0 aromatic heterocycles. The number of allylic oxidation sites excluding steroid dienone is 7. The summed E-state index contributed by atoms with van der Waals surface area (Å²) in [6, 6.07) is -0.629. The summed E-state index contributed by atoms with van der Waals surface area (Å²) in [7, 11) is 0. The third-order valence-electron chi connectivity index (χ3n) is 14.3. The largest absolute Gasteiger partial charge is 0.466 e. The summed E-state index contributed by atoms with van der Waals surface area (Å²) in [6.07, 6.45) is 77.3. The van der Waals surface area contributed by atoms with Crippen LogP contribution in [0.15, 0.2) is 48.6 Å². The lowest BCUT2D eigenvalue weighted by Crippen LogP contribution is -2.45. The SMILES string of the molecule is CCCCCC/C=C\C/C=C\CCCCCCCCCC(=O)OCCCCCCCCCCCCCC/C=C\CCCCCCCCCCCC(=O)NC(CO)C(O)/C=C/CCCCCCCCCCC. The number of amides is 1. The Hall–Kier alpha value is -2.18. The van der Waals surface area contributed by atoms with E-state index in [9.17, 15) is 19.8 Å². The second-order valence-corrected chi connectivity index (χ2v) is 21.4. The molecule has 0 rings (SSSR count). The molecular formula is C65H121NO5. The Morgan fingerprint density at radius 3 is 1.10 bits per heavy atom. The number of nitrogens with one attached hydrogen (secondary N) is 1. The summed E-state index contributed by atoms with van der Waals surface area (Å²) in [5.41, 5.74) is 0. The fraction of sp³-hybridized carbons (Fsp3) is 0.846. The van der Waals surface area contributed by atoms with Crippen molar-refractivity contribution in [2.75, 3.05) is 13.2 Å². The second kappa shape index (κ2) is 60.4. The van der Waals surface area contributed by atoms with Crippen LogP contribution in [0.1, 0.15) is 328 Å². The first kappa shape index (κ1) is 68.8. The monoisotopic (exact) mass is 996 g/mol. The van der Waals surface area contributed by atoms with Gasteiger partial charge < -0.3 is 20.3 Å². The average molecular weight is 997 g/mol. The van der Waals surface area contributed by atoms with Crippen LogP contribution in [0, 0.1) is 0 Å². The van der Waals surface area contributed by atoms with Gasteiger partial charge in [-0.05, 0) is 89.9 Å². The predicted octanol–water partition coefficient (Wildman–Crippen LogP) is 19.7. The highest BCUT2D eigenvalue weighted by Crippen LogP contribution is 2.16. The molecule has 0 saturated heterocycles. The molecule has 2 atom stereocenters. The minimum absolute atomic E-state index is 0.00531. The highest BCUT2D eigenvalue weighted by Gasteiger charge is 2.18. The van der Waals surface area contributed by atoms with Crippen molar-refractivity contribution in [1.29, 1.82) is 0 Å². The Labute approximate surface area is 442 Å². The summed E-state index contributed by atoms with van der Waals surface area (Å²) in [6.45, 7) is 4.88. The van der Waals surface area contributed by atoms with E-state index in [-0.39, 0.29) is 18.5 Å². The van der Waals surface area contributed by atoms with Crippen molar-refractivity contribution in [2.24, 2.45) is 0 Å². The molecule has 3 N–H and O–H groups in total. The van der Waals surface area contributed by atoms with Gasteiger partial charge in [-0.25, -0.2) is 0 Å². The van der Waals surface area contributed by atoms with Crippen LogP contribution in [0.4, 0.5) is 0 Å². The lowest BCUT2D eigenvalue weighted by Gasteiger charge is -2.20. The lowest BCUT2D eigenvalue weighted by atomic mass is 10.0. The average Bonchev–Trinajstić information content (AvgIpc) is 3.37. The van der Waals surface area contributed by atoms with Gasteiger partial charge in [0.25, 0.3) is 0 Å². The van der Waals surface area contributed by atoms with Crippen LogP contribution >= 0.6 is 0 Å². The van der Waals surface area contributed by atoms with Gasteiger partial charge in [-0.2, -0.15) is 0 Å². The first-order valence-corrected chi connectivity index (χ1v) is 31.4. The van der Waals surface area contributed by atoms with E-state index >= 15 is 0 Å². The molecule has 0 bridgehead atoms. The van der Waals surface area contributed by atoms with Crippen LogP contribution in [0.3, 0.4) is 0 Å². The van der Waals surface area contributed by atoms with Crippen LogP contribution in [0.25, 0.3) is 0 Å². The maximum absolute atomic E-state index is 12.4.